The zero-order chi connectivity index (χ0) is 20.3. The Bertz CT molecular complexity index is 912. The number of ether oxygens (including phenoxy) is 3. The number of hydrogen-bond donors (Lipinski definition) is 1. The van der Waals surface area contributed by atoms with Gasteiger partial charge in [0.15, 0.2) is 0 Å². The molecular formula is C22H25FN2O3S. The van der Waals surface area contributed by atoms with Gasteiger partial charge in [-0.1, -0.05) is 18.2 Å². The van der Waals surface area contributed by atoms with Gasteiger partial charge >= 0.3 is 0 Å². The Labute approximate surface area is 174 Å². The van der Waals surface area contributed by atoms with E-state index in [-0.39, 0.29) is 6.61 Å². The number of thiazole rings is 1. The van der Waals surface area contributed by atoms with Crippen LogP contribution in [0.4, 0.5) is 10.1 Å². The number of nitrogens with one attached hydrogen (secondary N) is 1. The average Bonchev–Trinajstić information content (AvgIpc) is 3.17. The molecule has 2 aromatic carbocycles. The van der Waals surface area contributed by atoms with Crippen LogP contribution in [0, 0.1) is 0 Å². The zero-order valence-corrected chi connectivity index (χ0v) is 17.2. The summed E-state index contributed by atoms with van der Waals surface area (Å²) in [7, 11) is 1.91. The molecular weight excluding hydrogens is 391 g/mol. The molecule has 5 nitrogen and oxygen atoms in total. The van der Waals surface area contributed by atoms with E-state index in [1.54, 1.807) is 11.3 Å². The molecule has 3 rings (SSSR count). The van der Waals surface area contributed by atoms with Crippen LogP contribution in [0.3, 0.4) is 0 Å². The third-order valence-corrected chi connectivity index (χ3v) is 5.08. The highest BCUT2D eigenvalue weighted by molar-refractivity contribution is 7.19. The normalized spacial score (nSPS) is 11.4. The molecule has 1 heterocycles. The smallest absolute Gasteiger partial charge is 0.121 e. The highest BCUT2D eigenvalue weighted by atomic mass is 32.1. The van der Waals surface area contributed by atoms with Gasteiger partial charge in [-0.15, -0.1) is 11.3 Å². The maximum absolute atomic E-state index is 11.9. The van der Waals surface area contributed by atoms with Gasteiger partial charge in [-0.25, -0.2) is 9.37 Å². The van der Waals surface area contributed by atoms with Crippen LogP contribution in [0.5, 0.6) is 5.75 Å². The van der Waals surface area contributed by atoms with Gasteiger partial charge in [-0.2, -0.15) is 0 Å². The number of fused-ring (bicyclic) bond motifs is 1. The number of anilines is 1. The van der Waals surface area contributed by atoms with Crippen LogP contribution in [0.1, 0.15) is 10.6 Å². The summed E-state index contributed by atoms with van der Waals surface area (Å²) in [6, 6.07) is 14.1. The summed E-state index contributed by atoms with van der Waals surface area (Å²) >= 11 is 1.64. The second kappa shape index (κ2) is 11.5. The summed E-state index contributed by atoms with van der Waals surface area (Å²) in [6.45, 7) is 1.37. The molecule has 0 saturated heterocycles. The fourth-order valence-electron chi connectivity index (χ4n) is 2.61. The largest absolute Gasteiger partial charge is 0.491 e. The molecule has 0 aliphatic carbocycles. The standard InChI is InChI=1S/C22H25FN2O3S/c1-24-18-5-2-17(3-6-18)4-9-22-25-20-16-19(7-8-21(20)29-22)28-15-14-27-13-12-26-11-10-23/h2-9,16,24H,10-15H2,1H3/b9-4+. The van der Waals surface area contributed by atoms with Crippen molar-refractivity contribution in [3.8, 4) is 5.75 Å². The van der Waals surface area contributed by atoms with Gasteiger partial charge in [-0.3, -0.25) is 0 Å². The number of benzene rings is 2. The first kappa shape index (κ1) is 21.2. The zero-order valence-electron chi connectivity index (χ0n) is 16.4. The molecule has 0 atom stereocenters. The number of aromatic nitrogens is 1. The maximum atomic E-state index is 11.9. The van der Waals surface area contributed by atoms with Gasteiger partial charge in [0.05, 0.1) is 36.6 Å². The Balaban J connectivity index is 1.49. The predicted octanol–water partition coefficient (Wildman–Crippen LogP) is 4.89. The van der Waals surface area contributed by atoms with E-state index < -0.39 is 6.67 Å². The average molecular weight is 417 g/mol. The van der Waals surface area contributed by atoms with Crippen LogP contribution in [-0.4, -0.2) is 51.7 Å². The van der Waals surface area contributed by atoms with Crippen LogP contribution in [0.2, 0.25) is 0 Å². The van der Waals surface area contributed by atoms with Crippen LogP contribution in [0.25, 0.3) is 22.4 Å². The molecule has 1 N–H and O–H groups in total. The van der Waals surface area contributed by atoms with Crippen molar-refractivity contribution in [3.63, 3.8) is 0 Å². The maximum Gasteiger partial charge on any atom is 0.121 e. The highest BCUT2D eigenvalue weighted by Crippen LogP contribution is 2.27. The minimum Gasteiger partial charge on any atom is -0.491 e. The molecule has 0 amide bonds. The molecule has 29 heavy (non-hydrogen) atoms. The van der Waals surface area contributed by atoms with Crippen molar-refractivity contribution in [1.82, 2.24) is 4.98 Å². The van der Waals surface area contributed by atoms with E-state index in [0.29, 0.717) is 26.4 Å². The van der Waals surface area contributed by atoms with Crippen LogP contribution in [0.15, 0.2) is 42.5 Å². The first-order valence-electron chi connectivity index (χ1n) is 9.49. The van der Waals surface area contributed by atoms with Gasteiger partial charge < -0.3 is 19.5 Å². The van der Waals surface area contributed by atoms with Crippen molar-refractivity contribution in [3.05, 3.63) is 53.0 Å². The molecule has 0 bridgehead atoms. The second-order valence-corrected chi connectivity index (χ2v) is 7.21. The quantitative estimate of drug-likeness (QED) is 0.426. The summed E-state index contributed by atoms with van der Waals surface area (Å²) in [5.74, 6) is 0.762. The van der Waals surface area contributed by atoms with E-state index in [1.807, 2.05) is 43.5 Å². The SMILES string of the molecule is CNc1ccc(/C=C/c2nc3cc(OCCOCCOCCF)ccc3s2)cc1. The van der Waals surface area contributed by atoms with Gasteiger partial charge in [0.2, 0.25) is 0 Å². The van der Waals surface area contributed by atoms with Crippen LogP contribution < -0.4 is 10.1 Å². The molecule has 0 fully saturated rings. The monoisotopic (exact) mass is 416 g/mol. The number of halogens is 1. The van der Waals surface area contributed by atoms with Gasteiger partial charge in [-0.05, 0) is 35.9 Å². The highest BCUT2D eigenvalue weighted by Gasteiger charge is 2.04. The van der Waals surface area contributed by atoms with Gasteiger partial charge in [0.25, 0.3) is 0 Å². The Morgan fingerprint density at radius 1 is 0.966 bits per heavy atom. The molecule has 0 aliphatic rings. The number of hydrogen-bond acceptors (Lipinski definition) is 6. The lowest BCUT2D eigenvalue weighted by atomic mass is 10.2. The van der Waals surface area contributed by atoms with E-state index in [9.17, 15) is 4.39 Å². The number of nitrogens with zero attached hydrogens (tertiary/aromatic N) is 1. The van der Waals surface area contributed by atoms with Crippen molar-refractivity contribution in [2.45, 2.75) is 0 Å². The first-order chi connectivity index (χ1) is 14.3. The Morgan fingerprint density at radius 3 is 2.48 bits per heavy atom. The predicted molar refractivity (Wildman–Crippen MR) is 118 cm³/mol. The third kappa shape index (κ3) is 6.81. The molecule has 0 spiro atoms. The number of alkyl halides is 1. The fourth-order valence-corrected chi connectivity index (χ4v) is 3.46. The molecule has 3 aromatic rings. The molecule has 0 unspecified atom stereocenters. The van der Waals surface area contributed by atoms with Crippen molar-refractivity contribution < 1.29 is 18.6 Å². The topological polar surface area (TPSA) is 52.6 Å². The molecule has 0 aliphatic heterocycles. The van der Waals surface area contributed by atoms with Gasteiger partial charge in [0, 0.05) is 18.8 Å². The summed E-state index contributed by atoms with van der Waals surface area (Å²) in [5, 5.41) is 4.06. The Hall–Kier alpha value is -2.48. The van der Waals surface area contributed by atoms with Crippen molar-refractivity contribution in [2.24, 2.45) is 0 Å². The van der Waals surface area contributed by atoms with E-state index >= 15 is 0 Å². The van der Waals surface area contributed by atoms with Crippen LogP contribution in [-0.2, 0) is 9.47 Å². The lowest BCUT2D eigenvalue weighted by Crippen LogP contribution is -2.11. The number of rotatable bonds is 12. The van der Waals surface area contributed by atoms with Crippen LogP contribution >= 0.6 is 11.3 Å². The van der Waals surface area contributed by atoms with E-state index in [2.05, 4.69) is 28.5 Å². The Kier molecular flexibility index (Phi) is 8.42. The van der Waals surface area contributed by atoms with Crippen molar-refractivity contribution in [1.29, 1.82) is 0 Å². The molecule has 0 radical (unpaired) electrons. The lowest BCUT2D eigenvalue weighted by molar-refractivity contribution is 0.0325. The van der Waals surface area contributed by atoms with E-state index in [4.69, 9.17) is 14.2 Å². The summed E-state index contributed by atoms with van der Waals surface area (Å²) < 4.78 is 29.1. The minimum absolute atomic E-state index is 0.118. The molecule has 154 valence electrons. The summed E-state index contributed by atoms with van der Waals surface area (Å²) in [6.07, 6.45) is 4.08. The third-order valence-electron chi connectivity index (χ3n) is 4.08. The second-order valence-electron chi connectivity index (χ2n) is 6.15. The minimum atomic E-state index is -0.469. The van der Waals surface area contributed by atoms with Crippen molar-refractivity contribution >= 4 is 39.4 Å². The summed E-state index contributed by atoms with van der Waals surface area (Å²) in [4.78, 5) is 4.67. The van der Waals surface area contributed by atoms with E-state index in [1.165, 1.54) is 0 Å². The van der Waals surface area contributed by atoms with Gasteiger partial charge in [0.1, 0.15) is 24.0 Å². The Morgan fingerprint density at radius 2 is 1.72 bits per heavy atom. The van der Waals surface area contributed by atoms with Crippen molar-refractivity contribution in [2.75, 3.05) is 52.1 Å². The lowest BCUT2D eigenvalue weighted by Gasteiger charge is -2.07. The summed E-state index contributed by atoms with van der Waals surface area (Å²) in [5.41, 5.74) is 3.13. The molecule has 1 aromatic heterocycles. The first-order valence-corrected chi connectivity index (χ1v) is 10.3. The fraction of sp³-hybridized carbons (Fsp3) is 0.318. The van der Waals surface area contributed by atoms with E-state index in [0.717, 1.165) is 32.2 Å². The molecule has 7 heteroatoms. The molecule has 0 saturated carbocycles.